The van der Waals surface area contributed by atoms with Crippen LogP contribution in [0, 0.1) is 11.8 Å². The van der Waals surface area contributed by atoms with Crippen molar-refractivity contribution in [3.05, 3.63) is 25.0 Å². The molecule has 0 radical (unpaired) electrons. The minimum Gasteiger partial charge on any atom is -0.512 e. The summed E-state index contributed by atoms with van der Waals surface area (Å²) in [6, 6.07) is 0. The van der Waals surface area contributed by atoms with E-state index in [1.54, 1.807) is 0 Å². The standard InChI is InChI=1S/C16H27BrO10/c17-16-14(12-20-8-10-24-26-22-6-4-18)2-1-3-15(16)13-21-9-11-25-27-23-7-5-19/h4-7,14-16,18-19H,1-3,8-13H2/b6-4+,7-5+. The molecule has 27 heavy (non-hydrogen) atoms. The number of hydrogen-bond donors (Lipinski definition) is 2. The average Bonchev–Trinajstić information content (AvgIpc) is 2.68. The van der Waals surface area contributed by atoms with E-state index in [9.17, 15) is 0 Å². The Labute approximate surface area is 166 Å². The zero-order valence-corrected chi connectivity index (χ0v) is 16.5. The number of aliphatic hydroxyl groups excluding tert-OH is 2. The lowest BCUT2D eigenvalue weighted by Gasteiger charge is -2.34. The fourth-order valence-electron chi connectivity index (χ4n) is 2.57. The van der Waals surface area contributed by atoms with Gasteiger partial charge in [0.1, 0.15) is 25.7 Å². The first kappa shape index (κ1) is 24.0. The van der Waals surface area contributed by atoms with Gasteiger partial charge in [-0.25, -0.2) is 0 Å². The predicted molar refractivity (Wildman–Crippen MR) is 95.0 cm³/mol. The molecule has 158 valence electrons. The van der Waals surface area contributed by atoms with Crippen molar-refractivity contribution in [2.24, 2.45) is 11.8 Å². The molecule has 0 amide bonds. The van der Waals surface area contributed by atoms with E-state index in [1.807, 2.05) is 0 Å². The molecule has 10 nitrogen and oxygen atoms in total. The Hall–Kier alpha value is -1.08. The molecule has 2 N–H and O–H groups in total. The summed E-state index contributed by atoms with van der Waals surface area (Å²) in [5.41, 5.74) is 0. The molecule has 0 aromatic carbocycles. The summed E-state index contributed by atoms with van der Waals surface area (Å²) in [6.07, 6.45) is 6.52. The highest BCUT2D eigenvalue weighted by molar-refractivity contribution is 9.09. The second kappa shape index (κ2) is 17.0. The van der Waals surface area contributed by atoms with Gasteiger partial charge in [0, 0.05) is 4.83 Å². The van der Waals surface area contributed by atoms with E-state index in [1.165, 1.54) is 0 Å². The first-order valence-corrected chi connectivity index (χ1v) is 9.49. The fourth-order valence-corrected chi connectivity index (χ4v) is 3.40. The van der Waals surface area contributed by atoms with Crippen LogP contribution in [0.4, 0.5) is 0 Å². The molecule has 1 saturated carbocycles. The van der Waals surface area contributed by atoms with Crippen LogP contribution in [0.25, 0.3) is 0 Å². The molecule has 0 heterocycles. The Bertz CT molecular complexity index is 361. The van der Waals surface area contributed by atoms with E-state index in [2.05, 4.69) is 35.8 Å². The molecule has 0 bridgehead atoms. The van der Waals surface area contributed by atoms with Gasteiger partial charge in [-0.15, -0.1) is 0 Å². The molecule has 2 unspecified atom stereocenters. The Morgan fingerprint density at radius 2 is 1.26 bits per heavy atom. The molecule has 0 aromatic heterocycles. The summed E-state index contributed by atoms with van der Waals surface area (Å²) in [5, 5.41) is 25.2. The summed E-state index contributed by atoms with van der Waals surface area (Å²) in [7, 11) is 0. The second-order valence-electron chi connectivity index (χ2n) is 5.59. The predicted octanol–water partition coefficient (Wildman–Crippen LogP) is 3.02. The zero-order valence-electron chi connectivity index (χ0n) is 14.9. The first-order valence-electron chi connectivity index (χ1n) is 8.57. The molecule has 1 aliphatic carbocycles. The summed E-state index contributed by atoms with van der Waals surface area (Å²) in [4.78, 5) is 18.3. The molecule has 0 aromatic rings. The highest BCUT2D eigenvalue weighted by atomic mass is 79.9. The van der Waals surface area contributed by atoms with Gasteiger partial charge in [-0.3, -0.25) is 0 Å². The molecule has 2 atom stereocenters. The summed E-state index contributed by atoms with van der Waals surface area (Å²) in [6.45, 7) is 2.39. The third-order valence-electron chi connectivity index (χ3n) is 3.74. The van der Waals surface area contributed by atoms with Crippen LogP contribution in [-0.2, 0) is 39.1 Å². The maximum Gasteiger partial charge on any atom is 0.166 e. The van der Waals surface area contributed by atoms with Gasteiger partial charge >= 0.3 is 0 Å². The highest BCUT2D eigenvalue weighted by Gasteiger charge is 2.31. The molecule has 0 saturated heterocycles. The molecule has 1 fully saturated rings. The molecular formula is C16H27BrO10. The number of halogens is 1. The third kappa shape index (κ3) is 12.1. The number of rotatable bonds is 16. The molecule has 11 heteroatoms. The van der Waals surface area contributed by atoms with Gasteiger partial charge in [0.15, 0.2) is 12.5 Å². The Morgan fingerprint density at radius 1 is 0.778 bits per heavy atom. The molecular weight excluding hydrogens is 432 g/mol. The van der Waals surface area contributed by atoms with Crippen LogP contribution < -0.4 is 0 Å². The fraction of sp³-hybridized carbons (Fsp3) is 0.750. The van der Waals surface area contributed by atoms with Crippen LogP contribution in [0.2, 0.25) is 0 Å². The van der Waals surface area contributed by atoms with Gasteiger partial charge in [-0.05, 0) is 34.8 Å². The third-order valence-corrected chi connectivity index (χ3v) is 5.24. The molecule has 0 aliphatic heterocycles. The van der Waals surface area contributed by atoms with Crippen molar-refractivity contribution in [2.45, 2.75) is 24.1 Å². The largest absolute Gasteiger partial charge is 0.512 e. The number of aliphatic hydroxyl groups is 2. The van der Waals surface area contributed by atoms with E-state index < -0.39 is 0 Å². The van der Waals surface area contributed by atoms with E-state index in [-0.39, 0.29) is 13.2 Å². The van der Waals surface area contributed by atoms with Crippen LogP contribution in [0.3, 0.4) is 0 Å². The van der Waals surface area contributed by atoms with Crippen molar-refractivity contribution in [1.29, 1.82) is 0 Å². The lowest BCUT2D eigenvalue weighted by Crippen LogP contribution is -2.34. The van der Waals surface area contributed by atoms with E-state index >= 15 is 0 Å². The smallest absolute Gasteiger partial charge is 0.166 e. The molecule has 1 rings (SSSR count). The topological polar surface area (TPSA) is 114 Å². The van der Waals surface area contributed by atoms with Crippen molar-refractivity contribution in [1.82, 2.24) is 0 Å². The van der Waals surface area contributed by atoms with Gasteiger partial charge < -0.3 is 29.5 Å². The first-order chi connectivity index (χ1) is 13.3. The lowest BCUT2D eigenvalue weighted by molar-refractivity contribution is -0.491. The minimum atomic E-state index is 0.214. The van der Waals surface area contributed by atoms with E-state index in [0.717, 1.165) is 31.8 Å². The van der Waals surface area contributed by atoms with Crippen LogP contribution in [0.5, 0.6) is 0 Å². The Morgan fingerprint density at radius 3 is 1.70 bits per heavy atom. The number of hydrogen-bond acceptors (Lipinski definition) is 10. The van der Waals surface area contributed by atoms with Gasteiger partial charge in [-0.2, -0.15) is 9.78 Å². The van der Waals surface area contributed by atoms with Crippen molar-refractivity contribution in [3.63, 3.8) is 0 Å². The maximum absolute atomic E-state index is 8.31. The molecule has 1 aliphatic rings. The minimum absolute atomic E-state index is 0.214. The van der Waals surface area contributed by atoms with Crippen LogP contribution in [-0.4, -0.2) is 54.7 Å². The molecule has 0 spiro atoms. The maximum atomic E-state index is 8.31. The van der Waals surface area contributed by atoms with Crippen molar-refractivity contribution >= 4 is 15.9 Å². The van der Waals surface area contributed by atoms with E-state index in [0.29, 0.717) is 55.6 Å². The Kier molecular flexibility index (Phi) is 15.1. The van der Waals surface area contributed by atoms with Crippen LogP contribution in [0.15, 0.2) is 25.0 Å². The lowest BCUT2D eigenvalue weighted by atomic mass is 9.82. The Balaban J connectivity index is 2.04. The SMILES string of the molecule is O/C=C/OOOCCOCC1CCCC(COCCOOO/C=C/O)C1Br. The van der Waals surface area contributed by atoms with Crippen LogP contribution >= 0.6 is 15.9 Å². The second-order valence-corrected chi connectivity index (χ2v) is 6.65. The summed E-state index contributed by atoms with van der Waals surface area (Å²) < 4.78 is 11.2. The van der Waals surface area contributed by atoms with Crippen molar-refractivity contribution in [2.75, 3.05) is 39.6 Å². The number of ether oxygens (including phenoxy) is 2. The van der Waals surface area contributed by atoms with Gasteiger partial charge in [0.05, 0.1) is 26.4 Å². The van der Waals surface area contributed by atoms with Crippen LogP contribution in [0.1, 0.15) is 19.3 Å². The van der Waals surface area contributed by atoms with Gasteiger partial charge in [0.25, 0.3) is 0 Å². The van der Waals surface area contributed by atoms with Gasteiger partial charge in [0.2, 0.25) is 0 Å². The summed E-state index contributed by atoms with van der Waals surface area (Å²) in [5.74, 6) is 0.778. The number of alkyl halides is 1. The van der Waals surface area contributed by atoms with E-state index in [4.69, 9.17) is 29.5 Å². The quantitative estimate of drug-likeness (QED) is 0.117. The zero-order chi connectivity index (χ0) is 19.6. The summed E-state index contributed by atoms with van der Waals surface area (Å²) >= 11 is 3.77. The highest BCUT2D eigenvalue weighted by Crippen LogP contribution is 2.35. The van der Waals surface area contributed by atoms with Crippen molar-refractivity contribution < 1.29 is 49.3 Å². The average molecular weight is 459 g/mol. The monoisotopic (exact) mass is 458 g/mol. The normalized spacial score (nSPS) is 23.2. The van der Waals surface area contributed by atoms with Gasteiger partial charge in [-0.1, -0.05) is 22.4 Å². The van der Waals surface area contributed by atoms with Crippen molar-refractivity contribution in [3.8, 4) is 0 Å².